The number of hydrazine groups is 1. The topological polar surface area (TPSA) is 28.2 Å². The number of halogens is 1. The molecule has 0 amide bonds. The van der Waals surface area contributed by atoms with Crippen molar-refractivity contribution in [3.8, 4) is 0 Å². The van der Waals surface area contributed by atoms with Crippen LogP contribution in [0.15, 0.2) is 18.2 Å². The first kappa shape index (κ1) is 12.8. The minimum absolute atomic E-state index is 0. The molecule has 5 heteroatoms. The minimum Gasteiger partial charge on any atom is -0.255 e. The highest BCUT2D eigenvalue weighted by atomic mass is 35.5. The Hall–Kier alpha value is -0.680. The summed E-state index contributed by atoms with van der Waals surface area (Å²) in [4.78, 5) is 4.53. The van der Waals surface area contributed by atoms with Crippen LogP contribution in [0.3, 0.4) is 0 Å². The molecule has 1 fully saturated rings. The lowest BCUT2D eigenvalue weighted by molar-refractivity contribution is 0.244. The fourth-order valence-corrected chi connectivity index (χ4v) is 2.94. The summed E-state index contributed by atoms with van der Waals surface area (Å²) >= 11 is 1.76. The van der Waals surface area contributed by atoms with Gasteiger partial charge in [0.1, 0.15) is 0 Å². The van der Waals surface area contributed by atoms with Gasteiger partial charge in [-0.2, -0.15) is 0 Å². The summed E-state index contributed by atoms with van der Waals surface area (Å²) in [6.07, 6.45) is 1.25. The van der Waals surface area contributed by atoms with Crippen molar-refractivity contribution in [3.63, 3.8) is 0 Å². The van der Waals surface area contributed by atoms with E-state index in [1.54, 1.807) is 11.3 Å². The second-order valence-electron chi connectivity index (χ2n) is 4.22. The number of aromatic nitrogens is 1. The van der Waals surface area contributed by atoms with Crippen molar-refractivity contribution in [1.82, 2.24) is 15.4 Å². The van der Waals surface area contributed by atoms with Crippen molar-refractivity contribution >= 4 is 34.0 Å². The molecule has 92 valence electrons. The van der Waals surface area contributed by atoms with Crippen LogP contribution in [-0.2, 0) is 6.54 Å². The molecule has 3 rings (SSSR count). The maximum absolute atomic E-state index is 4.53. The lowest BCUT2D eigenvalue weighted by Gasteiger charge is -2.14. The van der Waals surface area contributed by atoms with E-state index in [0.717, 1.165) is 30.2 Å². The van der Waals surface area contributed by atoms with E-state index in [1.165, 1.54) is 16.7 Å². The Balaban J connectivity index is 0.00000108. The van der Waals surface area contributed by atoms with Crippen molar-refractivity contribution in [2.24, 2.45) is 0 Å². The number of hydrogen-bond acceptors (Lipinski definition) is 4. The molecule has 0 spiro atoms. The van der Waals surface area contributed by atoms with Gasteiger partial charge >= 0.3 is 0 Å². The van der Waals surface area contributed by atoms with Gasteiger partial charge in [-0.25, -0.2) is 9.99 Å². The summed E-state index contributed by atoms with van der Waals surface area (Å²) in [5.41, 5.74) is 5.85. The average Bonchev–Trinajstić information content (AvgIpc) is 2.85. The van der Waals surface area contributed by atoms with Gasteiger partial charge in [0, 0.05) is 19.6 Å². The molecule has 1 saturated heterocycles. The molecule has 1 aromatic heterocycles. The molecule has 17 heavy (non-hydrogen) atoms. The van der Waals surface area contributed by atoms with E-state index in [9.17, 15) is 0 Å². The Morgan fingerprint density at radius 2 is 2.35 bits per heavy atom. The van der Waals surface area contributed by atoms with Gasteiger partial charge in [0.25, 0.3) is 0 Å². The second-order valence-corrected chi connectivity index (χ2v) is 5.45. The number of rotatable bonds is 2. The predicted octanol–water partition coefficient (Wildman–Crippen LogP) is 2.74. The van der Waals surface area contributed by atoms with E-state index in [0.29, 0.717) is 0 Å². The number of thiazole rings is 1. The van der Waals surface area contributed by atoms with Crippen LogP contribution in [0.25, 0.3) is 10.2 Å². The molecule has 1 aromatic carbocycles. The second kappa shape index (κ2) is 5.31. The Kier molecular flexibility index (Phi) is 3.99. The van der Waals surface area contributed by atoms with Crippen molar-refractivity contribution in [1.29, 1.82) is 0 Å². The van der Waals surface area contributed by atoms with Gasteiger partial charge in [0.15, 0.2) is 0 Å². The van der Waals surface area contributed by atoms with E-state index in [1.807, 2.05) is 0 Å². The third-order valence-corrected chi connectivity index (χ3v) is 3.82. The first-order valence-corrected chi connectivity index (χ1v) is 6.47. The predicted molar refractivity (Wildman–Crippen MR) is 74.6 cm³/mol. The summed E-state index contributed by atoms with van der Waals surface area (Å²) in [5.74, 6) is 0. The van der Waals surface area contributed by atoms with Crippen LogP contribution in [0, 0.1) is 6.92 Å². The number of nitrogens with zero attached hydrogens (tertiary/aromatic N) is 2. The van der Waals surface area contributed by atoms with Gasteiger partial charge in [0.2, 0.25) is 0 Å². The van der Waals surface area contributed by atoms with E-state index in [-0.39, 0.29) is 12.4 Å². The lowest BCUT2D eigenvalue weighted by atomic mass is 10.2. The average molecular weight is 270 g/mol. The molecular formula is C12H16ClN3S. The molecule has 2 aromatic rings. The summed E-state index contributed by atoms with van der Waals surface area (Å²) in [6.45, 7) is 5.30. The molecule has 2 heterocycles. The fraction of sp³-hybridized carbons (Fsp3) is 0.417. The molecule has 0 aliphatic carbocycles. The Bertz CT molecular complexity index is 505. The SMILES string of the molecule is Cc1nc2cc(CN3CCCN3)ccc2s1.Cl. The van der Waals surface area contributed by atoms with Crippen LogP contribution in [0.5, 0.6) is 0 Å². The molecule has 0 atom stereocenters. The zero-order valence-electron chi connectivity index (χ0n) is 9.77. The van der Waals surface area contributed by atoms with Crippen molar-refractivity contribution in [2.45, 2.75) is 19.9 Å². The Morgan fingerprint density at radius 3 is 3.12 bits per heavy atom. The van der Waals surface area contributed by atoms with E-state index >= 15 is 0 Å². The Labute approximate surface area is 111 Å². The van der Waals surface area contributed by atoms with Crippen LogP contribution >= 0.6 is 23.7 Å². The maximum Gasteiger partial charge on any atom is 0.0907 e. The standard InChI is InChI=1S/C12H15N3S.ClH/c1-9-14-11-7-10(3-4-12(11)16-9)8-15-6-2-5-13-15;/h3-4,7,13H,2,5-6,8H2,1H3;1H. The molecule has 1 N–H and O–H groups in total. The number of nitrogens with one attached hydrogen (secondary N) is 1. The highest BCUT2D eigenvalue weighted by Gasteiger charge is 2.11. The molecule has 3 nitrogen and oxygen atoms in total. The van der Waals surface area contributed by atoms with Crippen LogP contribution < -0.4 is 5.43 Å². The maximum atomic E-state index is 4.53. The number of fused-ring (bicyclic) bond motifs is 1. The first-order valence-electron chi connectivity index (χ1n) is 5.66. The Morgan fingerprint density at radius 1 is 1.47 bits per heavy atom. The van der Waals surface area contributed by atoms with Crippen LogP contribution in [0.2, 0.25) is 0 Å². The third-order valence-electron chi connectivity index (χ3n) is 2.87. The quantitative estimate of drug-likeness (QED) is 0.909. The van der Waals surface area contributed by atoms with Gasteiger partial charge < -0.3 is 0 Å². The smallest absolute Gasteiger partial charge is 0.0907 e. The van der Waals surface area contributed by atoms with E-state index in [4.69, 9.17) is 0 Å². The molecule has 1 aliphatic rings. The first-order chi connectivity index (χ1) is 7.81. The van der Waals surface area contributed by atoms with Crippen molar-refractivity contribution in [2.75, 3.05) is 13.1 Å². The van der Waals surface area contributed by atoms with E-state index in [2.05, 4.69) is 40.5 Å². The molecule has 0 unspecified atom stereocenters. The van der Waals surface area contributed by atoms with Gasteiger partial charge in [-0.3, -0.25) is 5.43 Å². The summed E-state index contributed by atoms with van der Waals surface area (Å²) in [6, 6.07) is 6.60. The number of benzene rings is 1. The molecule has 0 saturated carbocycles. The largest absolute Gasteiger partial charge is 0.255 e. The van der Waals surface area contributed by atoms with Gasteiger partial charge in [0.05, 0.1) is 15.2 Å². The summed E-state index contributed by atoms with van der Waals surface area (Å²) in [5, 5.41) is 3.42. The van der Waals surface area contributed by atoms with E-state index < -0.39 is 0 Å². The molecule has 0 bridgehead atoms. The van der Waals surface area contributed by atoms with Gasteiger partial charge in [-0.1, -0.05) is 6.07 Å². The minimum atomic E-state index is 0. The van der Waals surface area contributed by atoms with Crippen LogP contribution in [0.1, 0.15) is 17.0 Å². The van der Waals surface area contributed by atoms with Crippen LogP contribution in [0.4, 0.5) is 0 Å². The van der Waals surface area contributed by atoms with Crippen molar-refractivity contribution < 1.29 is 0 Å². The lowest BCUT2D eigenvalue weighted by Crippen LogP contribution is -2.29. The number of aryl methyl sites for hydroxylation is 1. The van der Waals surface area contributed by atoms with Crippen LogP contribution in [-0.4, -0.2) is 23.1 Å². The molecule has 1 aliphatic heterocycles. The van der Waals surface area contributed by atoms with Gasteiger partial charge in [-0.05, 0) is 31.0 Å². The summed E-state index contributed by atoms with van der Waals surface area (Å²) < 4.78 is 1.29. The third kappa shape index (κ3) is 2.77. The molecular weight excluding hydrogens is 254 g/mol. The normalized spacial score (nSPS) is 16.3. The highest BCUT2D eigenvalue weighted by Crippen LogP contribution is 2.22. The monoisotopic (exact) mass is 269 g/mol. The van der Waals surface area contributed by atoms with Gasteiger partial charge in [-0.15, -0.1) is 23.7 Å². The molecule has 0 radical (unpaired) electrons. The zero-order chi connectivity index (χ0) is 11.0. The fourth-order valence-electron chi connectivity index (χ4n) is 2.13. The summed E-state index contributed by atoms with van der Waals surface area (Å²) in [7, 11) is 0. The zero-order valence-corrected chi connectivity index (χ0v) is 11.4. The van der Waals surface area contributed by atoms with Crippen molar-refractivity contribution in [3.05, 3.63) is 28.8 Å². The highest BCUT2D eigenvalue weighted by molar-refractivity contribution is 7.18. The number of hydrogen-bond donors (Lipinski definition) is 1.